The van der Waals surface area contributed by atoms with Crippen LogP contribution in [0, 0.1) is 0 Å². The van der Waals surface area contributed by atoms with Gasteiger partial charge in [0.2, 0.25) is 5.91 Å². The van der Waals surface area contributed by atoms with Gasteiger partial charge in [0.05, 0.1) is 26.2 Å². The van der Waals surface area contributed by atoms with Gasteiger partial charge in [-0.25, -0.2) is 0 Å². The van der Waals surface area contributed by atoms with Crippen molar-refractivity contribution in [3.63, 3.8) is 0 Å². The Morgan fingerprint density at radius 1 is 1.00 bits per heavy atom. The molecule has 3 aromatic rings. The van der Waals surface area contributed by atoms with Crippen LogP contribution in [0.1, 0.15) is 47.8 Å². The minimum Gasteiger partial charge on any atom is -0.497 e. The Labute approximate surface area is 193 Å². The number of hydrogen-bond donors (Lipinski definition) is 1. The fourth-order valence-electron chi connectivity index (χ4n) is 4.27. The highest BCUT2D eigenvalue weighted by Gasteiger charge is 2.37. The normalized spacial score (nSPS) is 14.5. The predicted molar refractivity (Wildman–Crippen MR) is 125 cm³/mol. The highest BCUT2D eigenvalue weighted by molar-refractivity contribution is 6.09. The zero-order valence-electron chi connectivity index (χ0n) is 18.8. The van der Waals surface area contributed by atoms with Crippen LogP contribution in [0.15, 0.2) is 71.3 Å². The molecule has 2 amide bonds. The summed E-state index contributed by atoms with van der Waals surface area (Å²) >= 11 is 0. The summed E-state index contributed by atoms with van der Waals surface area (Å²) in [6, 6.07) is 16.8. The van der Waals surface area contributed by atoms with E-state index in [4.69, 9.17) is 13.9 Å². The van der Waals surface area contributed by atoms with Gasteiger partial charge in [0.25, 0.3) is 5.91 Å². The molecule has 172 valence electrons. The third kappa shape index (κ3) is 4.87. The van der Waals surface area contributed by atoms with Crippen molar-refractivity contribution in [1.29, 1.82) is 0 Å². The van der Waals surface area contributed by atoms with Crippen LogP contribution in [0.5, 0.6) is 11.5 Å². The van der Waals surface area contributed by atoms with E-state index in [2.05, 4.69) is 5.32 Å². The summed E-state index contributed by atoms with van der Waals surface area (Å²) in [5.74, 6) is 0.380. The molecule has 33 heavy (non-hydrogen) atoms. The predicted octanol–water partition coefficient (Wildman–Crippen LogP) is 4.74. The molecule has 0 bridgehead atoms. The van der Waals surface area contributed by atoms with Gasteiger partial charge in [0.15, 0.2) is 5.76 Å². The highest BCUT2D eigenvalue weighted by Crippen LogP contribution is 2.39. The van der Waals surface area contributed by atoms with Crippen LogP contribution in [0.25, 0.3) is 0 Å². The number of nitrogens with one attached hydrogen (secondary N) is 1. The topological polar surface area (TPSA) is 81.0 Å². The van der Waals surface area contributed by atoms with E-state index < -0.39 is 11.9 Å². The Bertz CT molecular complexity index is 1080. The van der Waals surface area contributed by atoms with Crippen LogP contribution >= 0.6 is 0 Å². The quantitative estimate of drug-likeness (QED) is 0.538. The molecule has 1 aromatic heterocycles. The number of amides is 2. The lowest BCUT2D eigenvalue weighted by Crippen LogP contribution is -2.46. The van der Waals surface area contributed by atoms with E-state index in [0.29, 0.717) is 22.7 Å². The van der Waals surface area contributed by atoms with Gasteiger partial charge in [0, 0.05) is 12.1 Å². The fourth-order valence-corrected chi connectivity index (χ4v) is 4.27. The second kappa shape index (κ2) is 10.3. The molecule has 0 aliphatic heterocycles. The Morgan fingerprint density at radius 2 is 1.76 bits per heavy atom. The van der Waals surface area contributed by atoms with Gasteiger partial charge in [-0.1, -0.05) is 43.2 Å². The molecule has 0 saturated heterocycles. The average molecular weight is 449 g/mol. The average Bonchev–Trinajstić information content (AvgIpc) is 3.57. The minimum atomic E-state index is -0.939. The highest BCUT2D eigenvalue weighted by atomic mass is 16.5. The summed E-state index contributed by atoms with van der Waals surface area (Å²) in [6.07, 6.45) is 5.47. The molecule has 1 atom stereocenters. The summed E-state index contributed by atoms with van der Waals surface area (Å²) in [6.45, 7) is 0. The SMILES string of the molecule is COc1ccc(OC)c(N(C(=O)c2ccco2)C(C(=O)NC2CCCC2)c2ccccc2)c1. The van der Waals surface area contributed by atoms with Gasteiger partial charge >= 0.3 is 0 Å². The van der Waals surface area contributed by atoms with Crippen LogP contribution < -0.4 is 19.7 Å². The Hall–Kier alpha value is -3.74. The van der Waals surface area contributed by atoms with Gasteiger partial charge in [-0.15, -0.1) is 0 Å². The number of carbonyl (C=O) groups excluding carboxylic acids is 2. The van der Waals surface area contributed by atoms with E-state index in [1.54, 1.807) is 37.4 Å². The van der Waals surface area contributed by atoms with E-state index in [1.165, 1.54) is 18.3 Å². The molecule has 1 heterocycles. The van der Waals surface area contributed by atoms with Crippen molar-refractivity contribution in [3.8, 4) is 11.5 Å². The Morgan fingerprint density at radius 3 is 2.39 bits per heavy atom. The first kappa shape index (κ1) is 22.5. The van der Waals surface area contributed by atoms with E-state index >= 15 is 0 Å². The second-order valence-corrected chi connectivity index (χ2v) is 7.99. The fraction of sp³-hybridized carbons (Fsp3) is 0.308. The molecule has 1 aliphatic carbocycles. The second-order valence-electron chi connectivity index (χ2n) is 7.99. The standard InChI is InChI=1S/C26H28N2O5/c1-31-20-14-15-22(32-2)21(17-20)28(26(30)23-13-8-16-33-23)24(18-9-4-3-5-10-18)25(29)27-19-11-6-7-12-19/h3-5,8-10,13-17,19,24H,6-7,11-12H2,1-2H3,(H,27,29). The van der Waals surface area contributed by atoms with Gasteiger partial charge in [0.1, 0.15) is 17.5 Å². The largest absolute Gasteiger partial charge is 0.497 e. The van der Waals surface area contributed by atoms with Crippen LogP contribution in [0.2, 0.25) is 0 Å². The number of rotatable bonds is 8. The maximum atomic E-state index is 13.8. The molecule has 1 saturated carbocycles. The number of nitrogens with zero attached hydrogens (tertiary/aromatic N) is 1. The third-order valence-corrected chi connectivity index (χ3v) is 5.92. The molecule has 1 unspecified atom stereocenters. The van der Waals surface area contributed by atoms with Gasteiger partial charge in [-0.3, -0.25) is 14.5 Å². The van der Waals surface area contributed by atoms with E-state index in [0.717, 1.165) is 25.7 Å². The smallest absolute Gasteiger partial charge is 0.295 e. The van der Waals surface area contributed by atoms with Crippen LogP contribution in [-0.4, -0.2) is 32.1 Å². The minimum absolute atomic E-state index is 0.0940. The molecular formula is C26H28N2O5. The molecule has 4 rings (SSSR count). The van der Waals surface area contributed by atoms with Crippen molar-refractivity contribution >= 4 is 17.5 Å². The summed E-state index contributed by atoms with van der Waals surface area (Å²) in [7, 11) is 3.07. The van der Waals surface area contributed by atoms with Crippen LogP contribution in [-0.2, 0) is 4.79 Å². The number of carbonyl (C=O) groups is 2. The van der Waals surface area contributed by atoms with Crippen LogP contribution in [0.3, 0.4) is 0 Å². The summed E-state index contributed by atoms with van der Waals surface area (Å²) in [4.78, 5) is 29.0. The molecule has 7 nitrogen and oxygen atoms in total. The molecule has 2 aromatic carbocycles. The Kier molecular flexibility index (Phi) is 6.98. The first-order valence-electron chi connectivity index (χ1n) is 11.1. The zero-order chi connectivity index (χ0) is 23.2. The number of methoxy groups -OCH3 is 2. The zero-order valence-corrected chi connectivity index (χ0v) is 18.8. The molecule has 1 aliphatic rings. The van der Waals surface area contributed by atoms with Gasteiger partial charge in [-0.05, 0) is 42.7 Å². The van der Waals surface area contributed by atoms with Gasteiger partial charge < -0.3 is 19.2 Å². The first-order valence-corrected chi connectivity index (χ1v) is 11.1. The van der Waals surface area contributed by atoms with E-state index in [9.17, 15) is 9.59 Å². The number of furan rings is 1. The van der Waals surface area contributed by atoms with Crippen molar-refractivity contribution in [3.05, 3.63) is 78.3 Å². The summed E-state index contributed by atoms with van der Waals surface area (Å²) < 4.78 is 16.4. The van der Waals surface area contributed by atoms with Crippen molar-refractivity contribution < 1.29 is 23.5 Å². The van der Waals surface area contributed by atoms with E-state index in [-0.39, 0.29) is 17.7 Å². The van der Waals surface area contributed by atoms with Crippen molar-refractivity contribution in [2.45, 2.75) is 37.8 Å². The maximum Gasteiger partial charge on any atom is 0.295 e. The lowest BCUT2D eigenvalue weighted by Gasteiger charge is -2.32. The molecule has 1 N–H and O–H groups in total. The number of anilines is 1. The van der Waals surface area contributed by atoms with Crippen molar-refractivity contribution in [2.24, 2.45) is 0 Å². The number of hydrogen-bond acceptors (Lipinski definition) is 5. The molecule has 1 fully saturated rings. The van der Waals surface area contributed by atoms with E-state index in [1.807, 2.05) is 30.3 Å². The number of ether oxygens (including phenoxy) is 2. The molecule has 0 radical (unpaired) electrons. The first-order chi connectivity index (χ1) is 16.1. The Balaban J connectivity index is 1.86. The van der Waals surface area contributed by atoms with Crippen LogP contribution in [0.4, 0.5) is 5.69 Å². The third-order valence-electron chi connectivity index (χ3n) is 5.92. The van der Waals surface area contributed by atoms with Gasteiger partial charge in [-0.2, -0.15) is 0 Å². The molecular weight excluding hydrogens is 420 g/mol. The molecule has 0 spiro atoms. The van der Waals surface area contributed by atoms with Crippen molar-refractivity contribution in [1.82, 2.24) is 5.32 Å². The monoisotopic (exact) mass is 448 g/mol. The summed E-state index contributed by atoms with van der Waals surface area (Å²) in [5, 5.41) is 3.16. The summed E-state index contributed by atoms with van der Waals surface area (Å²) in [5.41, 5.74) is 1.09. The number of benzene rings is 2. The lowest BCUT2D eigenvalue weighted by molar-refractivity contribution is -0.123. The van der Waals surface area contributed by atoms with Crippen molar-refractivity contribution in [2.75, 3.05) is 19.1 Å². The lowest BCUT2D eigenvalue weighted by atomic mass is 10.0. The molecule has 7 heteroatoms. The maximum absolute atomic E-state index is 13.8.